The Morgan fingerprint density at radius 1 is 1.12 bits per heavy atom. The van der Waals surface area contributed by atoms with Crippen LogP contribution < -0.4 is 9.64 Å². The van der Waals surface area contributed by atoms with Gasteiger partial charge in [0, 0.05) is 5.02 Å². The number of carbonyl (C=O) groups is 2. The zero-order valence-corrected chi connectivity index (χ0v) is 14.7. The summed E-state index contributed by atoms with van der Waals surface area (Å²) in [7, 11) is 0. The van der Waals surface area contributed by atoms with Crippen LogP contribution in [0, 0.1) is 13.8 Å². The first-order valence-corrected chi connectivity index (χ1v) is 8.20. The van der Waals surface area contributed by atoms with E-state index >= 15 is 0 Å². The van der Waals surface area contributed by atoms with E-state index in [1.54, 1.807) is 0 Å². The number of ether oxygens (including phenoxy) is 1. The highest BCUT2D eigenvalue weighted by molar-refractivity contribution is 6.54. The number of aryl methyl sites for hydroxylation is 1. The molecule has 0 saturated carbocycles. The predicted octanol–water partition coefficient (Wildman–Crippen LogP) is 4.22. The SMILES string of the molecule is Cc1cccc(OCCN2C(=O)C(=O)c3cc(Cl)cc(Cl)c32)c1C. The van der Waals surface area contributed by atoms with Gasteiger partial charge in [-0.05, 0) is 43.2 Å². The van der Waals surface area contributed by atoms with E-state index in [1.165, 1.54) is 17.0 Å². The first-order valence-electron chi connectivity index (χ1n) is 7.44. The van der Waals surface area contributed by atoms with E-state index in [1.807, 2.05) is 32.0 Å². The molecule has 1 heterocycles. The average Bonchev–Trinajstić information content (AvgIpc) is 2.77. The van der Waals surface area contributed by atoms with Gasteiger partial charge in [0.25, 0.3) is 11.7 Å². The standard InChI is InChI=1S/C18H15Cl2NO3/c1-10-4-3-5-15(11(10)2)24-7-6-21-16-13(17(22)18(21)23)8-12(19)9-14(16)20/h3-5,8-9H,6-7H2,1-2H3. The van der Waals surface area contributed by atoms with Gasteiger partial charge < -0.3 is 4.74 Å². The molecule has 1 amide bonds. The lowest BCUT2D eigenvalue weighted by Gasteiger charge is -2.19. The summed E-state index contributed by atoms with van der Waals surface area (Å²) in [4.78, 5) is 25.7. The van der Waals surface area contributed by atoms with Crippen LogP contribution in [0.4, 0.5) is 5.69 Å². The molecule has 0 radical (unpaired) electrons. The number of carbonyl (C=O) groups excluding carboxylic acids is 2. The smallest absolute Gasteiger partial charge is 0.299 e. The molecule has 0 fully saturated rings. The number of fused-ring (bicyclic) bond motifs is 1. The highest BCUT2D eigenvalue weighted by Gasteiger charge is 2.37. The van der Waals surface area contributed by atoms with Crippen LogP contribution in [0.2, 0.25) is 10.0 Å². The summed E-state index contributed by atoms with van der Waals surface area (Å²) in [5.74, 6) is -0.449. The van der Waals surface area contributed by atoms with Gasteiger partial charge in [0.05, 0.1) is 22.8 Å². The lowest BCUT2D eigenvalue weighted by atomic mass is 10.1. The second kappa shape index (κ2) is 6.46. The highest BCUT2D eigenvalue weighted by Crippen LogP contribution is 2.38. The Balaban J connectivity index is 1.78. The van der Waals surface area contributed by atoms with E-state index in [4.69, 9.17) is 27.9 Å². The van der Waals surface area contributed by atoms with Crippen LogP contribution in [0.1, 0.15) is 21.5 Å². The van der Waals surface area contributed by atoms with Crippen LogP contribution >= 0.6 is 23.2 Å². The fourth-order valence-corrected chi connectivity index (χ4v) is 3.29. The third-order valence-electron chi connectivity index (χ3n) is 4.11. The Bertz CT molecular complexity index is 848. The monoisotopic (exact) mass is 363 g/mol. The molecule has 0 aliphatic carbocycles. The molecule has 0 N–H and O–H groups in total. The molecule has 3 rings (SSSR count). The molecule has 0 aromatic heterocycles. The van der Waals surface area contributed by atoms with Crippen molar-refractivity contribution in [2.24, 2.45) is 0 Å². The Morgan fingerprint density at radius 2 is 1.88 bits per heavy atom. The molecule has 6 heteroatoms. The quantitative estimate of drug-likeness (QED) is 0.764. The van der Waals surface area contributed by atoms with Gasteiger partial charge in [-0.15, -0.1) is 0 Å². The minimum absolute atomic E-state index is 0.228. The summed E-state index contributed by atoms with van der Waals surface area (Å²) in [6.45, 7) is 4.46. The Labute approximate surface area is 149 Å². The molecule has 2 aromatic rings. The molecule has 0 saturated heterocycles. The normalized spacial score (nSPS) is 13.4. The lowest BCUT2D eigenvalue weighted by Crippen LogP contribution is -2.33. The first kappa shape index (κ1) is 16.8. The van der Waals surface area contributed by atoms with E-state index < -0.39 is 11.7 Å². The summed E-state index contributed by atoms with van der Waals surface area (Å²) in [6, 6.07) is 8.78. The fourth-order valence-electron chi connectivity index (χ4n) is 2.69. The summed E-state index contributed by atoms with van der Waals surface area (Å²) in [6.07, 6.45) is 0. The van der Waals surface area contributed by atoms with Crippen LogP contribution in [0.25, 0.3) is 0 Å². The highest BCUT2D eigenvalue weighted by atomic mass is 35.5. The summed E-state index contributed by atoms with van der Waals surface area (Å²) in [5.41, 5.74) is 2.82. The molecule has 24 heavy (non-hydrogen) atoms. The number of Topliss-reactive ketones (excluding diaryl/α,β-unsaturated/α-hetero) is 1. The van der Waals surface area contributed by atoms with Crippen LogP contribution in [0.15, 0.2) is 30.3 Å². The van der Waals surface area contributed by atoms with Gasteiger partial charge in [-0.1, -0.05) is 35.3 Å². The Hall–Kier alpha value is -2.04. The maximum Gasteiger partial charge on any atom is 0.299 e. The minimum Gasteiger partial charge on any atom is -0.491 e. The van der Waals surface area contributed by atoms with E-state index in [0.29, 0.717) is 10.7 Å². The molecule has 4 nitrogen and oxygen atoms in total. The van der Waals surface area contributed by atoms with Crippen molar-refractivity contribution < 1.29 is 14.3 Å². The van der Waals surface area contributed by atoms with Gasteiger partial charge in [0.15, 0.2) is 0 Å². The first-order chi connectivity index (χ1) is 11.4. The van der Waals surface area contributed by atoms with Crippen molar-refractivity contribution in [2.75, 3.05) is 18.1 Å². The van der Waals surface area contributed by atoms with Crippen molar-refractivity contribution in [2.45, 2.75) is 13.8 Å². The third kappa shape index (κ3) is 2.87. The fraction of sp³-hybridized carbons (Fsp3) is 0.222. The van der Waals surface area contributed by atoms with Gasteiger partial charge in [0.1, 0.15) is 12.4 Å². The molecule has 1 aliphatic heterocycles. The molecule has 124 valence electrons. The predicted molar refractivity (Wildman–Crippen MR) is 94.6 cm³/mol. The number of halogens is 2. The summed E-state index contributed by atoms with van der Waals surface area (Å²) < 4.78 is 5.77. The number of hydrogen-bond acceptors (Lipinski definition) is 3. The van der Waals surface area contributed by atoms with Gasteiger partial charge in [-0.3, -0.25) is 14.5 Å². The molecule has 0 bridgehead atoms. The minimum atomic E-state index is -0.612. The number of ketones is 1. The number of nitrogens with zero attached hydrogens (tertiary/aromatic N) is 1. The topological polar surface area (TPSA) is 46.6 Å². The van der Waals surface area contributed by atoms with E-state index in [0.717, 1.165) is 16.9 Å². The second-order valence-electron chi connectivity index (χ2n) is 5.62. The molecule has 0 unspecified atom stereocenters. The molecule has 1 aliphatic rings. The molecule has 2 aromatic carbocycles. The zero-order chi connectivity index (χ0) is 17.4. The number of anilines is 1. The zero-order valence-electron chi connectivity index (χ0n) is 13.2. The van der Waals surface area contributed by atoms with Crippen LogP contribution in [-0.4, -0.2) is 24.8 Å². The van der Waals surface area contributed by atoms with E-state index in [9.17, 15) is 9.59 Å². The van der Waals surface area contributed by atoms with Crippen LogP contribution in [0.5, 0.6) is 5.75 Å². The van der Waals surface area contributed by atoms with Gasteiger partial charge in [-0.2, -0.15) is 0 Å². The summed E-state index contributed by atoms with van der Waals surface area (Å²) in [5, 5.41) is 0.608. The van der Waals surface area contributed by atoms with Crippen molar-refractivity contribution in [3.63, 3.8) is 0 Å². The van der Waals surface area contributed by atoms with E-state index in [2.05, 4.69) is 0 Å². The number of benzene rings is 2. The van der Waals surface area contributed by atoms with Crippen molar-refractivity contribution in [1.29, 1.82) is 0 Å². The second-order valence-corrected chi connectivity index (χ2v) is 6.46. The molecule has 0 spiro atoms. The molecular formula is C18H15Cl2NO3. The van der Waals surface area contributed by atoms with Gasteiger partial charge in [-0.25, -0.2) is 0 Å². The Kier molecular flexibility index (Phi) is 4.52. The third-order valence-corrected chi connectivity index (χ3v) is 4.62. The average molecular weight is 364 g/mol. The number of rotatable bonds is 4. The van der Waals surface area contributed by atoms with Crippen LogP contribution in [-0.2, 0) is 4.79 Å². The van der Waals surface area contributed by atoms with Crippen molar-refractivity contribution in [3.8, 4) is 5.75 Å². The maximum atomic E-state index is 12.2. The van der Waals surface area contributed by atoms with Gasteiger partial charge in [0.2, 0.25) is 0 Å². The number of hydrogen-bond donors (Lipinski definition) is 0. The van der Waals surface area contributed by atoms with E-state index in [-0.39, 0.29) is 23.7 Å². The van der Waals surface area contributed by atoms with Crippen molar-refractivity contribution in [1.82, 2.24) is 0 Å². The number of amides is 1. The van der Waals surface area contributed by atoms with Crippen molar-refractivity contribution in [3.05, 3.63) is 57.1 Å². The Morgan fingerprint density at radius 3 is 2.62 bits per heavy atom. The largest absolute Gasteiger partial charge is 0.491 e. The van der Waals surface area contributed by atoms with Crippen LogP contribution in [0.3, 0.4) is 0 Å². The summed E-state index contributed by atoms with van der Waals surface area (Å²) >= 11 is 12.1. The maximum absolute atomic E-state index is 12.2. The lowest BCUT2D eigenvalue weighted by molar-refractivity contribution is -0.114. The van der Waals surface area contributed by atoms with Gasteiger partial charge >= 0.3 is 0 Å². The van der Waals surface area contributed by atoms with Crippen molar-refractivity contribution >= 4 is 40.6 Å². The molecular weight excluding hydrogens is 349 g/mol. The molecule has 0 atom stereocenters.